The first kappa shape index (κ1) is 23.0. The van der Waals surface area contributed by atoms with E-state index in [1.54, 1.807) is 54.6 Å². The maximum atomic E-state index is 12.4. The summed E-state index contributed by atoms with van der Waals surface area (Å²) < 4.78 is 12.3. The van der Waals surface area contributed by atoms with Gasteiger partial charge in [-0.2, -0.15) is 0 Å². The number of carbonyl (C=O) groups excluding carboxylic acids is 1. The molecule has 0 aromatic heterocycles. The number of ether oxygens (including phenoxy) is 2. The summed E-state index contributed by atoms with van der Waals surface area (Å²) in [4.78, 5) is 23.5. The van der Waals surface area contributed by atoms with E-state index in [1.165, 1.54) is 12.1 Å². The SMILES string of the molecule is O=C(Nc1ccc(Oc2ccc(OCc3ccccc3)cc2)c([N+](=O)[O-])c1)c1ccc(Br)cc1. The minimum Gasteiger partial charge on any atom is -0.489 e. The summed E-state index contributed by atoms with van der Waals surface area (Å²) in [5.74, 6) is 0.754. The van der Waals surface area contributed by atoms with E-state index in [0.29, 0.717) is 23.7 Å². The lowest BCUT2D eigenvalue weighted by Crippen LogP contribution is -2.11. The fourth-order valence-electron chi connectivity index (χ4n) is 3.10. The van der Waals surface area contributed by atoms with Crippen molar-refractivity contribution in [1.82, 2.24) is 0 Å². The van der Waals surface area contributed by atoms with Gasteiger partial charge in [0.1, 0.15) is 18.1 Å². The normalized spacial score (nSPS) is 10.4. The summed E-state index contributed by atoms with van der Waals surface area (Å²) in [5.41, 5.74) is 1.50. The van der Waals surface area contributed by atoms with Crippen LogP contribution in [0.4, 0.5) is 11.4 Å². The summed E-state index contributed by atoms with van der Waals surface area (Å²) in [6, 6.07) is 27.7. The number of carbonyl (C=O) groups is 1. The molecule has 8 heteroatoms. The number of nitrogens with one attached hydrogen (secondary N) is 1. The van der Waals surface area contributed by atoms with Crippen molar-refractivity contribution >= 4 is 33.2 Å². The molecule has 0 radical (unpaired) electrons. The monoisotopic (exact) mass is 518 g/mol. The second kappa shape index (κ2) is 10.6. The van der Waals surface area contributed by atoms with Crippen LogP contribution in [-0.2, 0) is 6.61 Å². The average Bonchev–Trinajstić information content (AvgIpc) is 2.85. The number of halogens is 1. The maximum Gasteiger partial charge on any atom is 0.313 e. The van der Waals surface area contributed by atoms with Crippen molar-refractivity contribution in [3.8, 4) is 17.2 Å². The number of nitro groups is 1. The van der Waals surface area contributed by atoms with Gasteiger partial charge < -0.3 is 14.8 Å². The van der Waals surface area contributed by atoms with Crippen LogP contribution in [0.5, 0.6) is 17.2 Å². The van der Waals surface area contributed by atoms with Gasteiger partial charge in [-0.15, -0.1) is 0 Å². The summed E-state index contributed by atoms with van der Waals surface area (Å²) in [6.07, 6.45) is 0. The van der Waals surface area contributed by atoms with E-state index in [0.717, 1.165) is 10.0 Å². The quantitative estimate of drug-likeness (QED) is 0.200. The Hall–Kier alpha value is -4.17. The molecular formula is C26H19BrN2O5. The third-order valence-corrected chi connectivity index (χ3v) is 5.35. The number of amides is 1. The van der Waals surface area contributed by atoms with Crippen LogP contribution in [0.1, 0.15) is 15.9 Å². The Morgan fingerprint density at radius 3 is 2.24 bits per heavy atom. The molecule has 0 saturated carbocycles. The zero-order valence-corrected chi connectivity index (χ0v) is 19.4. The third kappa shape index (κ3) is 5.99. The van der Waals surface area contributed by atoms with Crippen molar-refractivity contribution in [2.75, 3.05) is 5.32 Å². The number of benzene rings is 4. The molecule has 1 amide bonds. The molecule has 4 aromatic carbocycles. The van der Waals surface area contributed by atoms with Gasteiger partial charge in [0.05, 0.1) is 4.92 Å². The van der Waals surface area contributed by atoms with Gasteiger partial charge in [-0.05, 0) is 66.2 Å². The van der Waals surface area contributed by atoms with Crippen molar-refractivity contribution in [2.45, 2.75) is 6.61 Å². The Balaban J connectivity index is 1.43. The topological polar surface area (TPSA) is 90.7 Å². The largest absolute Gasteiger partial charge is 0.489 e. The highest BCUT2D eigenvalue weighted by atomic mass is 79.9. The van der Waals surface area contributed by atoms with Crippen LogP contribution in [-0.4, -0.2) is 10.8 Å². The van der Waals surface area contributed by atoms with Gasteiger partial charge in [0.2, 0.25) is 5.75 Å². The second-order valence-corrected chi connectivity index (χ2v) is 8.16. The highest BCUT2D eigenvalue weighted by Gasteiger charge is 2.18. The van der Waals surface area contributed by atoms with Crippen molar-refractivity contribution in [3.63, 3.8) is 0 Å². The van der Waals surface area contributed by atoms with Crippen molar-refractivity contribution in [1.29, 1.82) is 0 Å². The van der Waals surface area contributed by atoms with E-state index in [1.807, 2.05) is 30.3 Å². The van der Waals surface area contributed by atoms with Gasteiger partial charge in [0.15, 0.2) is 0 Å². The Morgan fingerprint density at radius 1 is 0.882 bits per heavy atom. The van der Waals surface area contributed by atoms with E-state index in [4.69, 9.17) is 9.47 Å². The minimum atomic E-state index is -0.554. The van der Waals surface area contributed by atoms with E-state index in [9.17, 15) is 14.9 Å². The van der Waals surface area contributed by atoms with Gasteiger partial charge in [0.25, 0.3) is 5.91 Å². The molecule has 0 spiro atoms. The molecule has 0 atom stereocenters. The van der Waals surface area contributed by atoms with Gasteiger partial charge in [-0.25, -0.2) is 0 Å². The summed E-state index contributed by atoms with van der Waals surface area (Å²) in [6.45, 7) is 0.431. The van der Waals surface area contributed by atoms with Crippen LogP contribution in [0.3, 0.4) is 0 Å². The predicted octanol–water partition coefficient (Wildman–Crippen LogP) is 6.98. The molecule has 0 aliphatic carbocycles. The maximum absolute atomic E-state index is 12.4. The molecule has 0 unspecified atom stereocenters. The summed E-state index contributed by atoms with van der Waals surface area (Å²) in [5, 5.41) is 14.3. The van der Waals surface area contributed by atoms with Crippen LogP contribution >= 0.6 is 15.9 Å². The number of anilines is 1. The molecule has 1 N–H and O–H groups in total. The smallest absolute Gasteiger partial charge is 0.313 e. The Bertz CT molecular complexity index is 1290. The van der Waals surface area contributed by atoms with Gasteiger partial charge in [-0.1, -0.05) is 46.3 Å². The van der Waals surface area contributed by atoms with Crippen LogP contribution in [0.2, 0.25) is 0 Å². The fourth-order valence-corrected chi connectivity index (χ4v) is 3.36. The van der Waals surface area contributed by atoms with Crippen LogP contribution < -0.4 is 14.8 Å². The molecule has 34 heavy (non-hydrogen) atoms. The third-order valence-electron chi connectivity index (χ3n) is 4.82. The molecule has 0 aliphatic heterocycles. The van der Waals surface area contributed by atoms with Crippen molar-refractivity contribution < 1.29 is 19.2 Å². The van der Waals surface area contributed by atoms with Gasteiger partial charge >= 0.3 is 5.69 Å². The average molecular weight is 519 g/mol. The zero-order valence-electron chi connectivity index (χ0n) is 17.8. The van der Waals surface area contributed by atoms with E-state index < -0.39 is 4.92 Å². The highest BCUT2D eigenvalue weighted by Crippen LogP contribution is 2.34. The first-order valence-corrected chi connectivity index (χ1v) is 11.1. The Labute approximate surface area is 204 Å². The first-order valence-electron chi connectivity index (χ1n) is 10.3. The molecule has 7 nitrogen and oxygen atoms in total. The van der Waals surface area contributed by atoms with Crippen molar-refractivity contribution in [3.05, 3.63) is 123 Å². The van der Waals surface area contributed by atoms with Crippen LogP contribution in [0.15, 0.2) is 102 Å². The zero-order chi connectivity index (χ0) is 23.9. The molecule has 0 saturated heterocycles. The predicted molar refractivity (Wildman–Crippen MR) is 132 cm³/mol. The van der Waals surface area contributed by atoms with Crippen molar-refractivity contribution in [2.24, 2.45) is 0 Å². The van der Waals surface area contributed by atoms with E-state index >= 15 is 0 Å². The van der Waals surface area contributed by atoms with E-state index in [2.05, 4.69) is 21.2 Å². The lowest BCUT2D eigenvalue weighted by Gasteiger charge is -2.10. The molecule has 0 fully saturated rings. The molecule has 0 heterocycles. The summed E-state index contributed by atoms with van der Waals surface area (Å²) >= 11 is 3.32. The standard InChI is InChI=1S/C26H19BrN2O5/c27-20-8-6-19(7-9-20)26(30)28-21-10-15-25(24(16-21)29(31)32)34-23-13-11-22(12-14-23)33-17-18-4-2-1-3-5-18/h1-16H,17H2,(H,28,30). The van der Waals surface area contributed by atoms with Gasteiger partial charge in [-0.3, -0.25) is 14.9 Å². The number of rotatable bonds is 8. The molecule has 0 aliphatic rings. The minimum absolute atomic E-state index is 0.0598. The number of nitro benzene ring substituents is 1. The summed E-state index contributed by atoms with van der Waals surface area (Å²) in [7, 11) is 0. The molecule has 4 aromatic rings. The number of hydrogen-bond donors (Lipinski definition) is 1. The van der Waals surface area contributed by atoms with E-state index in [-0.39, 0.29) is 23.0 Å². The Morgan fingerprint density at radius 2 is 1.56 bits per heavy atom. The highest BCUT2D eigenvalue weighted by molar-refractivity contribution is 9.10. The second-order valence-electron chi connectivity index (χ2n) is 7.25. The lowest BCUT2D eigenvalue weighted by molar-refractivity contribution is -0.385. The van der Waals surface area contributed by atoms with Gasteiger partial charge in [0, 0.05) is 21.8 Å². The molecular weight excluding hydrogens is 500 g/mol. The fraction of sp³-hybridized carbons (Fsp3) is 0.0385. The van der Waals surface area contributed by atoms with Crippen LogP contribution in [0.25, 0.3) is 0 Å². The van der Waals surface area contributed by atoms with Crippen LogP contribution in [0, 0.1) is 10.1 Å². The molecule has 170 valence electrons. The first-order chi connectivity index (χ1) is 16.5. The number of nitrogens with zero attached hydrogens (tertiary/aromatic N) is 1. The lowest BCUT2D eigenvalue weighted by atomic mass is 10.2. The number of hydrogen-bond acceptors (Lipinski definition) is 5. The molecule has 0 bridgehead atoms. The Kier molecular flexibility index (Phi) is 7.19. The molecule has 4 rings (SSSR count).